The van der Waals surface area contributed by atoms with Crippen molar-refractivity contribution in [1.29, 1.82) is 5.26 Å². The van der Waals surface area contributed by atoms with Gasteiger partial charge in [-0.3, -0.25) is 0 Å². The van der Waals surface area contributed by atoms with Gasteiger partial charge in [0.25, 0.3) is 0 Å². The first-order valence-electron chi connectivity index (χ1n) is 12.8. The zero-order valence-corrected chi connectivity index (χ0v) is 35.1. The smallest absolute Gasteiger partial charge is 0.748 e. The summed E-state index contributed by atoms with van der Waals surface area (Å²) >= 11 is 19.1. The van der Waals surface area contributed by atoms with Crippen LogP contribution in [0.3, 0.4) is 0 Å². The van der Waals surface area contributed by atoms with E-state index in [2.05, 4.69) is 15.3 Å². The number of nitriles is 1. The van der Waals surface area contributed by atoms with Gasteiger partial charge in [-0.25, -0.2) is 25.9 Å². The van der Waals surface area contributed by atoms with Crippen molar-refractivity contribution in [3.63, 3.8) is 0 Å². The number of aromatic nitrogens is 2. The Bertz CT molecular complexity index is 2060. The number of benzene rings is 3. The summed E-state index contributed by atoms with van der Waals surface area (Å²) in [7, 11) is -9.33. The number of halogens is 4. The standard InChI is InChI=1S/C27H22Cl3FN6O6S2.2K/c1-2-36(10-5-11-44(38,39)40)16-8-9-24(23(31)12-16)33-34-27-19(15-32)25(18-6-3-4-7-20(18)28)35-37(27)26-21(29)13-17(14-22(26)30)45(41,42)43;;/h3-4,6-9,12-14H,2,5,10-11H2,1H3,(H,38,39,40)(H,41,42,43);;/q;2*+1/p-2. The molecule has 0 atom stereocenters. The fourth-order valence-electron chi connectivity index (χ4n) is 4.27. The molecule has 3 aromatic carbocycles. The first-order chi connectivity index (χ1) is 21.1. The monoisotopic (exact) mass is 790 g/mol. The summed E-state index contributed by atoms with van der Waals surface area (Å²) in [6, 6.07) is 14.1. The maximum atomic E-state index is 15.2. The third-order valence-electron chi connectivity index (χ3n) is 6.35. The molecule has 0 radical (unpaired) electrons. The molecule has 0 amide bonds. The zero-order chi connectivity index (χ0) is 33.1. The fraction of sp³-hybridized carbons (Fsp3) is 0.185. The summed E-state index contributed by atoms with van der Waals surface area (Å²) < 4.78 is 83.8. The number of hydrogen-bond acceptors (Lipinski definition) is 11. The van der Waals surface area contributed by atoms with Gasteiger partial charge in [-0.2, -0.15) is 10.4 Å². The molecular formula is C27H20Cl3FK2N6O6S2. The molecule has 0 aliphatic rings. The van der Waals surface area contributed by atoms with Crippen LogP contribution in [-0.2, 0) is 20.2 Å². The number of nitrogens with zero attached hydrogens (tertiary/aromatic N) is 6. The molecule has 4 rings (SSSR count). The Balaban J connectivity index is 0.00000384. The second-order valence-electron chi connectivity index (χ2n) is 9.27. The predicted molar refractivity (Wildman–Crippen MR) is 164 cm³/mol. The van der Waals surface area contributed by atoms with Crippen molar-refractivity contribution in [3.05, 3.63) is 81.0 Å². The molecule has 0 fully saturated rings. The number of anilines is 1. The Morgan fingerprint density at radius 2 is 1.62 bits per heavy atom. The van der Waals surface area contributed by atoms with Crippen LogP contribution in [-0.4, -0.2) is 54.6 Å². The summed E-state index contributed by atoms with van der Waals surface area (Å²) in [6.07, 6.45) is 0.0459. The Morgan fingerprint density at radius 1 is 0.979 bits per heavy atom. The van der Waals surface area contributed by atoms with Crippen molar-refractivity contribution >= 4 is 72.2 Å². The number of rotatable bonds is 11. The molecule has 0 aliphatic heterocycles. The first kappa shape index (κ1) is 42.8. The molecule has 0 aliphatic carbocycles. The molecule has 0 N–H and O–H groups in total. The van der Waals surface area contributed by atoms with E-state index in [0.717, 1.165) is 22.9 Å². The van der Waals surface area contributed by atoms with Crippen LogP contribution in [0.25, 0.3) is 16.9 Å². The fourth-order valence-corrected chi connectivity index (χ4v) is 6.28. The number of azo groups is 1. The maximum absolute atomic E-state index is 15.2. The topological polar surface area (TPSA) is 184 Å². The molecule has 0 unspecified atom stereocenters. The summed E-state index contributed by atoms with van der Waals surface area (Å²) in [5.41, 5.74) is 0.174. The van der Waals surface area contributed by atoms with Gasteiger partial charge in [-0.15, -0.1) is 10.2 Å². The molecule has 20 heteroatoms. The van der Waals surface area contributed by atoms with Crippen LogP contribution in [0.4, 0.5) is 21.6 Å². The molecule has 1 heterocycles. The zero-order valence-electron chi connectivity index (χ0n) is 25.0. The van der Waals surface area contributed by atoms with Crippen LogP contribution < -0.4 is 108 Å². The molecule has 236 valence electrons. The van der Waals surface area contributed by atoms with Gasteiger partial charge in [0.2, 0.25) is 0 Å². The minimum atomic E-state index is -4.93. The molecule has 4 aromatic rings. The van der Waals surface area contributed by atoms with Crippen molar-refractivity contribution in [3.8, 4) is 23.0 Å². The van der Waals surface area contributed by atoms with Gasteiger partial charge in [0.05, 0.1) is 30.1 Å². The third-order valence-corrected chi connectivity index (χ3v) is 8.85. The third kappa shape index (κ3) is 10.8. The van der Waals surface area contributed by atoms with E-state index < -0.39 is 36.7 Å². The van der Waals surface area contributed by atoms with Crippen LogP contribution >= 0.6 is 34.8 Å². The average Bonchev–Trinajstić information content (AvgIpc) is 3.31. The van der Waals surface area contributed by atoms with E-state index in [-0.39, 0.29) is 159 Å². The molecule has 0 spiro atoms. The van der Waals surface area contributed by atoms with Crippen molar-refractivity contribution in [2.45, 2.75) is 18.2 Å². The molecule has 1 aromatic heterocycles. The largest absolute Gasteiger partial charge is 1.00 e. The molecule has 12 nitrogen and oxygen atoms in total. The van der Waals surface area contributed by atoms with Gasteiger partial charge in [0.1, 0.15) is 38.8 Å². The average molecular weight is 792 g/mol. The van der Waals surface area contributed by atoms with E-state index in [4.69, 9.17) is 34.8 Å². The van der Waals surface area contributed by atoms with Gasteiger partial charge in [-0.1, -0.05) is 53.0 Å². The normalized spacial score (nSPS) is 11.5. The maximum Gasteiger partial charge on any atom is 1.00 e. The quantitative estimate of drug-likeness (QED) is 0.119. The van der Waals surface area contributed by atoms with E-state index in [0.29, 0.717) is 17.8 Å². The summed E-state index contributed by atoms with van der Waals surface area (Å²) in [6.45, 7) is 2.35. The van der Waals surface area contributed by atoms with Crippen molar-refractivity contribution < 1.29 is 133 Å². The van der Waals surface area contributed by atoms with E-state index in [1.54, 1.807) is 36.1 Å². The van der Waals surface area contributed by atoms with Gasteiger partial charge >= 0.3 is 103 Å². The molecule has 47 heavy (non-hydrogen) atoms. The van der Waals surface area contributed by atoms with Crippen LogP contribution in [0.5, 0.6) is 0 Å². The number of hydrogen-bond donors (Lipinski definition) is 0. The Labute approximate surface area is 370 Å². The van der Waals surface area contributed by atoms with Crippen molar-refractivity contribution in [1.82, 2.24) is 9.78 Å². The van der Waals surface area contributed by atoms with Crippen LogP contribution in [0.1, 0.15) is 18.9 Å². The minimum Gasteiger partial charge on any atom is -0.748 e. The van der Waals surface area contributed by atoms with Gasteiger partial charge in [-0.05, 0) is 49.7 Å². The van der Waals surface area contributed by atoms with Crippen molar-refractivity contribution in [2.75, 3.05) is 23.7 Å². The summed E-state index contributed by atoms with van der Waals surface area (Å²) in [4.78, 5) is 0.963. The molecule has 0 bridgehead atoms. The van der Waals surface area contributed by atoms with E-state index in [1.807, 2.05) is 6.07 Å². The Kier molecular flexibility index (Phi) is 16.6. The Hall–Kier alpha value is -0.347. The van der Waals surface area contributed by atoms with Crippen LogP contribution in [0.15, 0.2) is 69.7 Å². The van der Waals surface area contributed by atoms with Crippen LogP contribution in [0, 0.1) is 17.1 Å². The molecular weight excluding hydrogens is 772 g/mol. The van der Waals surface area contributed by atoms with E-state index in [1.165, 1.54) is 12.1 Å². The Morgan fingerprint density at radius 3 is 2.15 bits per heavy atom. The van der Waals surface area contributed by atoms with Gasteiger partial charge in [0, 0.05) is 30.1 Å². The first-order valence-corrected chi connectivity index (χ1v) is 16.9. The van der Waals surface area contributed by atoms with Crippen molar-refractivity contribution in [2.24, 2.45) is 10.2 Å². The van der Waals surface area contributed by atoms with Gasteiger partial charge in [0.15, 0.2) is 11.6 Å². The summed E-state index contributed by atoms with van der Waals surface area (Å²) in [5, 5.41) is 22.2. The predicted octanol–water partition coefficient (Wildman–Crippen LogP) is 0.599. The SMILES string of the molecule is CCN(CCCS(=O)(=O)[O-])c1ccc(N=Nc2c(C#N)c(-c3ccccc3Cl)nn2-c2c(Cl)cc(S(=O)(=O)[O-])cc2Cl)c(F)c1.[K+].[K+]. The summed E-state index contributed by atoms with van der Waals surface area (Å²) in [5.74, 6) is -1.65. The van der Waals surface area contributed by atoms with E-state index in [9.17, 15) is 31.2 Å². The molecule has 0 saturated heterocycles. The van der Waals surface area contributed by atoms with E-state index >= 15 is 4.39 Å². The van der Waals surface area contributed by atoms with Gasteiger partial charge < -0.3 is 14.0 Å². The second-order valence-corrected chi connectivity index (χ2v) is 13.4. The van der Waals surface area contributed by atoms with Crippen LogP contribution in [0.2, 0.25) is 15.1 Å². The minimum absolute atomic E-state index is 0. The second kappa shape index (κ2) is 18.2. The molecule has 0 saturated carbocycles.